The minimum absolute atomic E-state index is 0.0489. The van der Waals surface area contributed by atoms with Crippen molar-refractivity contribution in [2.24, 2.45) is 0 Å². The molecule has 3 aromatic rings. The maximum absolute atomic E-state index is 12.8. The number of hydrogen-bond acceptors (Lipinski definition) is 5. The van der Waals surface area contributed by atoms with E-state index in [1.807, 2.05) is 43.3 Å². The molecule has 0 aliphatic rings. The van der Waals surface area contributed by atoms with Gasteiger partial charge in [0.15, 0.2) is 5.43 Å². The Bertz CT molecular complexity index is 980. The van der Waals surface area contributed by atoms with Crippen LogP contribution >= 0.6 is 11.3 Å². The molecule has 0 spiro atoms. The highest BCUT2D eigenvalue weighted by Gasteiger charge is 2.10. The van der Waals surface area contributed by atoms with E-state index in [2.05, 4.69) is 0 Å². The van der Waals surface area contributed by atoms with Gasteiger partial charge in [-0.05, 0) is 49.6 Å². The van der Waals surface area contributed by atoms with E-state index in [0.29, 0.717) is 24.3 Å². The van der Waals surface area contributed by atoms with E-state index in [0.717, 1.165) is 33.2 Å². The molecule has 0 amide bonds. The number of fused-ring (bicyclic) bond motifs is 2. The highest BCUT2D eigenvalue weighted by molar-refractivity contribution is 7.24. The number of ether oxygens (including phenoxy) is 2. The van der Waals surface area contributed by atoms with Crippen molar-refractivity contribution in [1.82, 2.24) is 0 Å². The van der Waals surface area contributed by atoms with Crippen molar-refractivity contribution in [2.75, 3.05) is 13.2 Å². The molecule has 0 unspecified atom stereocenters. The second-order valence-corrected chi connectivity index (χ2v) is 6.99. The van der Waals surface area contributed by atoms with Crippen LogP contribution in [0.3, 0.4) is 0 Å². The number of hydrogen-bond donors (Lipinski definition) is 0. The zero-order chi connectivity index (χ0) is 17.8. The Hall–Kier alpha value is -2.34. The van der Waals surface area contributed by atoms with Gasteiger partial charge in [0.2, 0.25) is 13.7 Å². The molecule has 0 saturated heterocycles. The first-order valence-electron chi connectivity index (χ1n) is 8.28. The monoisotopic (exact) mass is 354 g/mol. The van der Waals surface area contributed by atoms with Crippen LogP contribution < -0.4 is 10.2 Å². The van der Waals surface area contributed by atoms with Gasteiger partial charge in [0.05, 0.1) is 13.2 Å². The van der Waals surface area contributed by atoms with Crippen LogP contribution in [0.2, 0.25) is 0 Å². The fraction of sp³-hybridized carbons (Fsp3) is 0.263. The Balaban J connectivity index is 1.79. The van der Waals surface area contributed by atoms with Crippen LogP contribution in [0, 0.1) is 6.92 Å². The van der Waals surface area contributed by atoms with Crippen LogP contribution in [0.25, 0.3) is 20.2 Å². The second kappa shape index (κ2) is 7.70. The van der Waals surface area contributed by atoms with Crippen molar-refractivity contribution in [1.29, 1.82) is 0 Å². The van der Waals surface area contributed by atoms with Gasteiger partial charge >= 0.3 is 0 Å². The molecule has 1 aromatic heterocycles. The van der Waals surface area contributed by atoms with Crippen molar-refractivity contribution in [3.8, 4) is 5.75 Å². The van der Waals surface area contributed by atoms with Crippen molar-refractivity contribution >= 4 is 45.2 Å². The summed E-state index contributed by atoms with van der Waals surface area (Å²) >= 11 is 1.63. The molecule has 6 heteroatoms. The number of carbonyl (C=O) groups is 1. The third-order valence-electron chi connectivity index (χ3n) is 3.95. The molecule has 0 aliphatic carbocycles. The maximum Gasteiger partial charge on any atom is 0.243 e. The summed E-state index contributed by atoms with van der Waals surface area (Å²) in [6.45, 7) is 2.94. The molecule has 0 atom stereocenters. The van der Waals surface area contributed by atoms with Crippen LogP contribution in [0.5, 0.6) is 5.75 Å². The van der Waals surface area contributed by atoms with Crippen LogP contribution in [-0.2, 0) is 4.74 Å². The van der Waals surface area contributed by atoms with E-state index in [1.54, 1.807) is 11.3 Å². The third kappa shape index (κ3) is 4.02. The highest BCUT2D eigenvalue weighted by atomic mass is 32.1. The van der Waals surface area contributed by atoms with Gasteiger partial charge in [-0.1, -0.05) is 12.1 Å². The first-order valence-corrected chi connectivity index (χ1v) is 9.10. The lowest BCUT2D eigenvalue weighted by molar-refractivity contribution is 0.167. The van der Waals surface area contributed by atoms with Crippen LogP contribution in [0.15, 0.2) is 41.2 Å². The predicted molar refractivity (Wildman–Crippen MR) is 105 cm³/mol. The molecule has 1 heterocycles. The van der Waals surface area contributed by atoms with Crippen LogP contribution in [-0.4, -0.2) is 26.9 Å². The number of benzene rings is 2. The van der Waals surface area contributed by atoms with E-state index < -0.39 is 0 Å². The Morgan fingerprint density at radius 1 is 1.12 bits per heavy atom. The molecular weight excluding hydrogens is 335 g/mol. The molecule has 25 heavy (non-hydrogen) atoms. The lowest BCUT2D eigenvalue weighted by atomic mass is 10.1. The lowest BCUT2D eigenvalue weighted by Gasteiger charge is -2.10. The molecule has 0 N–H and O–H groups in total. The zero-order valence-electron chi connectivity index (χ0n) is 14.3. The Morgan fingerprint density at radius 2 is 1.88 bits per heavy atom. The fourth-order valence-corrected chi connectivity index (χ4v) is 3.86. The van der Waals surface area contributed by atoms with E-state index in [-0.39, 0.29) is 11.3 Å². The SMILES string of the molecule is BC(=O)OCCCCOc1cc(C)c2sc3ccccc3c(=O)c2c1. The third-order valence-corrected chi connectivity index (χ3v) is 5.27. The van der Waals surface area contributed by atoms with Gasteiger partial charge in [0.25, 0.3) is 0 Å². The van der Waals surface area contributed by atoms with Gasteiger partial charge in [0, 0.05) is 20.2 Å². The smallest absolute Gasteiger partial charge is 0.243 e. The van der Waals surface area contributed by atoms with Crippen LogP contribution in [0.1, 0.15) is 18.4 Å². The van der Waals surface area contributed by atoms with Crippen molar-refractivity contribution in [2.45, 2.75) is 19.8 Å². The first kappa shape index (κ1) is 17.5. The van der Waals surface area contributed by atoms with E-state index >= 15 is 0 Å². The molecule has 0 radical (unpaired) electrons. The van der Waals surface area contributed by atoms with Crippen LogP contribution in [0.4, 0.5) is 4.79 Å². The van der Waals surface area contributed by atoms with Gasteiger partial charge in [-0.15, -0.1) is 11.3 Å². The van der Waals surface area contributed by atoms with Gasteiger partial charge in [-0.2, -0.15) is 0 Å². The second-order valence-electron chi connectivity index (χ2n) is 5.94. The molecule has 4 nitrogen and oxygen atoms in total. The maximum atomic E-state index is 12.8. The summed E-state index contributed by atoms with van der Waals surface area (Å²) in [6, 6.07) is 11.5. The number of rotatable bonds is 6. The Kier molecular flexibility index (Phi) is 5.39. The zero-order valence-corrected chi connectivity index (χ0v) is 15.2. The van der Waals surface area contributed by atoms with Crippen molar-refractivity contribution in [3.05, 3.63) is 52.2 Å². The summed E-state index contributed by atoms with van der Waals surface area (Å²) in [6.07, 6.45) is 1.54. The fourth-order valence-electron chi connectivity index (χ4n) is 2.74. The molecule has 0 fully saturated rings. The standard InChI is InChI=1S/C19H19BO4S/c1-12-10-13(23-8-4-5-9-24-19(20)22)11-15-17(21)14-6-2-3-7-16(14)25-18(12)15/h2-3,6-7,10-11H,4-5,8-9,20H2,1H3. The predicted octanol–water partition coefficient (Wildman–Crippen LogP) is 3.65. The van der Waals surface area contributed by atoms with Gasteiger partial charge in [-0.25, -0.2) is 0 Å². The quantitative estimate of drug-likeness (QED) is 0.385. The van der Waals surface area contributed by atoms with Gasteiger partial charge < -0.3 is 9.47 Å². The number of unbranched alkanes of at least 4 members (excludes halogenated alkanes) is 1. The Labute approximate surface area is 150 Å². The molecule has 0 saturated carbocycles. The van der Waals surface area contributed by atoms with Crippen molar-refractivity contribution in [3.63, 3.8) is 0 Å². The van der Waals surface area contributed by atoms with E-state index in [4.69, 9.17) is 9.47 Å². The van der Waals surface area contributed by atoms with E-state index in [9.17, 15) is 9.59 Å². The molecule has 3 rings (SSSR count). The molecule has 0 aliphatic heterocycles. The summed E-state index contributed by atoms with van der Waals surface area (Å²) < 4.78 is 12.7. The van der Waals surface area contributed by atoms with Gasteiger partial charge in [-0.3, -0.25) is 9.59 Å². The van der Waals surface area contributed by atoms with Crippen molar-refractivity contribution < 1.29 is 14.3 Å². The minimum Gasteiger partial charge on any atom is -0.494 e. The Morgan fingerprint density at radius 3 is 2.68 bits per heavy atom. The highest BCUT2D eigenvalue weighted by Crippen LogP contribution is 2.30. The van der Waals surface area contributed by atoms with E-state index in [1.165, 1.54) is 7.85 Å². The lowest BCUT2D eigenvalue weighted by Crippen LogP contribution is -2.06. The average molecular weight is 354 g/mol. The normalized spacial score (nSPS) is 10.9. The number of carbonyl (C=O) groups excluding carboxylic acids is 1. The topological polar surface area (TPSA) is 52.6 Å². The summed E-state index contributed by atoms with van der Waals surface area (Å²) in [5.41, 5.74) is 1.09. The molecular formula is C19H19BO4S. The van der Waals surface area contributed by atoms with Gasteiger partial charge in [0.1, 0.15) is 5.75 Å². The molecule has 128 valence electrons. The summed E-state index contributed by atoms with van der Waals surface area (Å²) in [4.78, 5) is 23.5. The minimum atomic E-state index is -0.262. The summed E-state index contributed by atoms with van der Waals surface area (Å²) in [5, 5.41) is 1.46. The largest absolute Gasteiger partial charge is 0.494 e. The molecule has 2 aromatic carbocycles. The average Bonchev–Trinajstić information content (AvgIpc) is 2.59. The molecule has 0 bridgehead atoms. The summed E-state index contributed by atoms with van der Waals surface area (Å²) in [5.74, 6) is 0.444. The summed E-state index contributed by atoms with van der Waals surface area (Å²) in [7, 11) is 1.40. The number of aryl methyl sites for hydroxylation is 1. The first-order chi connectivity index (χ1) is 12.1.